The number of aromatic nitrogens is 2. The first kappa shape index (κ1) is 23.2. The standard InChI is InChI=1S/C25H24ClFN4O4/c1-28-25(32)23-17-11-22(34-14-19-18(26)13-30(2)29-19)20(31-7-9-33-10-8-31)12-21(17)35-24(23)15-3-5-16(27)6-4-15/h3-6,11-13H,7-10,14H2,1-2H3,(H,28,32). The van der Waals surface area contributed by atoms with Gasteiger partial charge >= 0.3 is 0 Å². The van der Waals surface area contributed by atoms with Gasteiger partial charge in [-0.2, -0.15) is 5.10 Å². The van der Waals surface area contributed by atoms with Gasteiger partial charge in [-0.15, -0.1) is 0 Å². The number of hydrogen-bond donors (Lipinski definition) is 1. The molecule has 1 aliphatic heterocycles. The Hall–Kier alpha value is -3.56. The van der Waals surface area contributed by atoms with Crippen molar-refractivity contribution < 1.29 is 23.1 Å². The lowest BCUT2D eigenvalue weighted by Crippen LogP contribution is -2.36. The molecule has 4 aromatic rings. The number of fused-ring (bicyclic) bond motifs is 1. The van der Waals surface area contributed by atoms with E-state index in [-0.39, 0.29) is 18.3 Å². The third-order valence-electron chi connectivity index (χ3n) is 5.90. The molecule has 0 spiro atoms. The van der Waals surface area contributed by atoms with E-state index in [1.54, 1.807) is 43.2 Å². The summed E-state index contributed by atoms with van der Waals surface area (Å²) in [5.74, 6) is 0.237. The lowest BCUT2D eigenvalue weighted by Gasteiger charge is -2.30. The Balaban J connectivity index is 1.64. The van der Waals surface area contributed by atoms with Crippen LogP contribution in [0.25, 0.3) is 22.3 Å². The Morgan fingerprint density at radius 3 is 2.63 bits per heavy atom. The van der Waals surface area contributed by atoms with Crippen LogP contribution >= 0.6 is 11.6 Å². The number of nitrogens with one attached hydrogen (secondary N) is 1. The molecule has 1 fully saturated rings. The number of benzene rings is 2. The Morgan fingerprint density at radius 2 is 1.97 bits per heavy atom. The molecular formula is C25H24ClFN4O4. The Kier molecular flexibility index (Phi) is 6.36. The van der Waals surface area contributed by atoms with Crippen LogP contribution < -0.4 is 15.0 Å². The van der Waals surface area contributed by atoms with Crippen molar-refractivity contribution >= 4 is 34.2 Å². The SMILES string of the molecule is CNC(=O)c1c(-c2ccc(F)cc2)oc2cc(N3CCOCC3)c(OCc3nn(C)cc3Cl)cc12. The summed E-state index contributed by atoms with van der Waals surface area (Å²) in [4.78, 5) is 15.1. The third-order valence-corrected chi connectivity index (χ3v) is 6.22. The molecule has 0 unspecified atom stereocenters. The van der Waals surface area contributed by atoms with Gasteiger partial charge in [-0.05, 0) is 30.3 Å². The number of carbonyl (C=O) groups excluding carboxylic acids is 1. The lowest BCUT2D eigenvalue weighted by molar-refractivity contribution is 0.0964. The zero-order valence-electron chi connectivity index (χ0n) is 19.3. The Morgan fingerprint density at radius 1 is 1.23 bits per heavy atom. The maximum atomic E-state index is 13.5. The van der Waals surface area contributed by atoms with E-state index in [1.807, 2.05) is 6.07 Å². The summed E-state index contributed by atoms with van der Waals surface area (Å²) in [6.45, 7) is 2.69. The highest BCUT2D eigenvalue weighted by Crippen LogP contribution is 2.41. The maximum absolute atomic E-state index is 13.5. The molecular weight excluding hydrogens is 475 g/mol. The second kappa shape index (κ2) is 9.59. The van der Waals surface area contributed by atoms with Crippen molar-refractivity contribution in [2.24, 2.45) is 7.05 Å². The van der Waals surface area contributed by atoms with E-state index in [0.29, 0.717) is 70.6 Å². The molecule has 1 aliphatic rings. The highest BCUT2D eigenvalue weighted by Gasteiger charge is 2.25. The molecule has 5 rings (SSSR count). The molecule has 1 saturated heterocycles. The predicted octanol–water partition coefficient (Wildman–Crippen LogP) is 4.40. The first-order valence-corrected chi connectivity index (χ1v) is 11.5. The number of aryl methyl sites for hydroxylation is 1. The van der Waals surface area contributed by atoms with Crippen molar-refractivity contribution in [3.8, 4) is 17.1 Å². The number of morpholine rings is 1. The highest BCUT2D eigenvalue weighted by molar-refractivity contribution is 6.31. The lowest BCUT2D eigenvalue weighted by atomic mass is 10.0. The summed E-state index contributed by atoms with van der Waals surface area (Å²) in [6.07, 6.45) is 1.71. The zero-order valence-corrected chi connectivity index (χ0v) is 20.1. The fourth-order valence-corrected chi connectivity index (χ4v) is 4.42. The molecule has 2 aromatic heterocycles. The van der Waals surface area contributed by atoms with E-state index in [0.717, 1.165) is 5.69 Å². The fourth-order valence-electron chi connectivity index (χ4n) is 4.18. The molecule has 8 nitrogen and oxygen atoms in total. The van der Waals surface area contributed by atoms with Crippen LogP contribution in [0.4, 0.5) is 10.1 Å². The first-order valence-electron chi connectivity index (χ1n) is 11.2. The highest BCUT2D eigenvalue weighted by atomic mass is 35.5. The van der Waals surface area contributed by atoms with Crippen molar-refractivity contribution in [2.75, 3.05) is 38.3 Å². The normalized spacial score (nSPS) is 13.9. The quantitative estimate of drug-likeness (QED) is 0.424. The van der Waals surface area contributed by atoms with E-state index in [9.17, 15) is 9.18 Å². The van der Waals surface area contributed by atoms with Crippen LogP contribution in [0.2, 0.25) is 5.02 Å². The largest absolute Gasteiger partial charge is 0.485 e. The van der Waals surface area contributed by atoms with Gasteiger partial charge in [-0.25, -0.2) is 4.39 Å². The minimum Gasteiger partial charge on any atom is -0.485 e. The summed E-state index contributed by atoms with van der Waals surface area (Å²) in [7, 11) is 3.34. The van der Waals surface area contributed by atoms with Crippen molar-refractivity contribution in [2.45, 2.75) is 6.61 Å². The summed E-state index contributed by atoms with van der Waals surface area (Å²) in [6, 6.07) is 9.51. The van der Waals surface area contributed by atoms with Crippen LogP contribution in [0, 0.1) is 5.82 Å². The monoisotopic (exact) mass is 498 g/mol. The molecule has 0 radical (unpaired) electrons. The van der Waals surface area contributed by atoms with Crippen LogP contribution in [0.15, 0.2) is 47.0 Å². The third kappa shape index (κ3) is 4.56. The van der Waals surface area contributed by atoms with Gasteiger partial charge in [-0.1, -0.05) is 11.6 Å². The van der Waals surface area contributed by atoms with Gasteiger partial charge in [0.25, 0.3) is 5.91 Å². The molecule has 0 atom stereocenters. The number of halogens is 2. The Labute approximate surface area is 206 Å². The van der Waals surface area contributed by atoms with Gasteiger partial charge in [0.1, 0.15) is 35.2 Å². The number of hydrogen-bond acceptors (Lipinski definition) is 6. The van der Waals surface area contributed by atoms with Crippen molar-refractivity contribution in [3.63, 3.8) is 0 Å². The second-order valence-corrected chi connectivity index (χ2v) is 8.60. The minimum atomic E-state index is -0.371. The molecule has 1 amide bonds. The number of nitrogens with zero attached hydrogens (tertiary/aromatic N) is 3. The van der Waals surface area contributed by atoms with Crippen LogP contribution in [-0.2, 0) is 18.4 Å². The molecule has 35 heavy (non-hydrogen) atoms. The summed E-state index contributed by atoms with van der Waals surface area (Å²) >= 11 is 6.28. The number of anilines is 1. The van der Waals surface area contributed by atoms with Gasteiger partial charge in [0, 0.05) is 50.4 Å². The topological polar surface area (TPSA) is 81.8 Å². The van der Waals surface area contributed by atoms with Crippen LogP contribution in [0.5, 0.6) is 5.75 Å². The number of furan rings is 1. The zero-order chi connectivity index (χ0) is 24.5. The second-order valence-electron chi connectivity index (χ2n) is 8.19. The van der Waals surface area contributed by atoms with Gasteiger partial charge < -0.3 is 24.1 Å². The molecule has 0 saturated carbocycles. The van der Waals surface area contributed by atoms with Crippen LogP contribution in [-0.4, -0.2) is 49.0 Å². The fraction of sp³-hybridized carbons (Fsp3) is 0.280. The van der Waals surface area contributed by atoms with Crippen LogP contribution in [0.3, 0.4) is 0 Å². The average molecular weight is 499 g/mol. The van der Waals surface area contributed by atoms with E-state index < -0.39 is 0 Å². The number of ether oxygens (including phenoxy) is 2. The van der Waals surface area contributed by atoms with Gasteiger partial charge in [0.05, 0.1) is 29.5 Å². The molecule has 0 aliphatic carbocycles. The van der Waals surface area contributed by atoms with Crippen molar-refractivity contribution in [3.05, 3.63) is 64.7 Å². The number of amides is 1. The predicted molar refractivity (Wildman–Crippen MR) is 131 cm³/mol. The van der Waals surface area contributed by atoms with Crippen LogP contribution in [0.1, 0.15) is 16.1 Å². The van der Waals surface area contributed by atoms with Gasteiger partial charge in [-0.3, -0.25) is 9.48 Å². The summed E-state index contributed by atoms with van der Waals surface area (Å²) in [5, 5.41) is 8.12. The van der Waals surface area contributed by atoms with Crippen molar-refractivity contribution in [1.29, 1.82) is 0 Å². The first-order chi connectivity index (χ1) is 16.9. The molecule has 10 heteroatoms. The summed E-state index contributed by atoms with van der Waals surface area (Å²) < 4.78 is 33.1. The van der Waals surface area contributed by atoms with E-state index in [1.165, 1.54) is 12.1 Å². The van der Waals surface area contributed by atoms with Gasteiger partial charge in [0.2, 0.25) is 0 Å². The van der Waals surface area contributed by atoms with E-state index in [2.05, 4.69) is 15.3 Å². The Bertz CT molecular complexity index is 1380. The maximum Gasteiger partial charge on any atom is 0.255 e. The molecule has 182 valence electrons. The van der Waals surface area contributed by atoms with E-state index in [4.69, 9.17) is 25.5 Å². The minimum absolute atomic E-state index is 0.153. The summed E-state index contributed by atoms with van der Waals surface area (Å²) in [5.41, 5.74) is 2.89. The smallest absolute Gasteiger partial charge is 0.255 e. The molecule has 2 aromatic carbocycles. The molecule has 3 heterocycles. The number of carbonyl (C=O) groups is 1. The van der Waals surface area contributed by atoms with Crippen molar-refractivity contribution in [1.82, 2.24) is 15.1 Å². The molecule has 1 N–H and O–H groups in total. The number of rotatable bonds is 6. The van der Waals surface area contributed by atoms with Gasteiger partial charge in [0.15, 0.2) is 0 Å². The average Bonchev–Trinajstić information content (AvgIpc) is 3.40. The molecule has 0 bridgehead atoms. The van der Waals surface area contributed by atoms with E-state index >= 15 is 0 Å².